The number of benzene rings is 1. The fourth-order valence-electron chi connectivity index (χ4n) is 3.33. The summed E-state index contributed by atoms with van der Waals surface area (Å²) in [7, 11) is 0. The largest absolute Gasteiger partial charge is 0.491 e. The molecule has 1 aromatic carbocycles. The fourth-order valence-corrected chi connectivity index (χ4v) is 4.67. The van der Waals surface area contributed by atoms with Crippen molar-refractivity contribution in [3.8, 4) is 5.75 Å². The standard InChI is InChI=1S/C17H21Br2NO2/c1-11-3-5-20(6-4-11)9-17(2)10-22-15-13(16(17)21)7-12(18)8-14(15)19/h7-8,11H,3-6,9-10H2,1-2H3/t17-/m0/s1. The molecule has 1 saturated heterocycles. The zero-order chi connectivity index (χ0) is 15.9. The fraction of sp³-hybridized carbons (Fsp3) is 0.588. The van der Waals surface area contributed by atoms with Crippen molar-refractivity contribution in [2.75, 3.05) is 26.2 Å². The maximum atomic E-state index is 13.0. The van der Waals surface area contributed by atoms with E-state index >= 15 is 0 Å². The van der Waals surface area contributed by atoms with Gasteiger partial charge in [-0.05, 0) is 66.8 Å². The number of fused-ring (bicyclic) bond motifs is 1. The highest BCUT2D eigenvalue weighted by Crippen LogP contribution is 2.41. The Kier molecular flexibility index (Phi) is 4.68. The van der Waals surface area contributed by atoms with Crippen molar-refractivity contribution < 1.29 is 9.53 Å². The van der Waals surface area contributed by atoms with Crippen LogP contribution in [0.15, 0.2) is 21.1 Å². The molecular weight excluding hydrogens is 410 g/mol. The highest BCUT2D eigenvalue weighted by Gasteiger charge is 2.42. The van der Waals surface area contributed by atoms with Crippen LogP contribution in [-0.2, 0) is 0 Å². The Morgan fingerprint density at radius 1 is 1.32 bits per heavy atom. The lowest BCUT2D eigenvalue weighted by Gasteiger charge is -2.40. The van der Waals surface area contributed by atoms with Crippen molar-refractivity contribution in [3.05, 3.63) is 26.6 Å². The topological polar surface area (TPSA) is 29.5 Å². The molecule has 0 aromatic heterocycles. The number of likely N-dealkylation sites (tertiary alicyclic amines) is 1. The molecule has 0 N–H and O–H groups in total. The van der Waals surface area contributed by atoms with Gasteiger partial charge >= 0.3 is 0 Å². The molecule has 22 heavy (non-hydrogen) atoms. The van der Waals surface area contributed by atoms with E-state index in [1.807, 2.05) is 19.1 Å². The Labute approximate surface area is 148 Å². The van der Waals surface area contributed by atoms with E-state index in [1.54, 1.807) is 0 Å². The molecule has 0 radical (unpaired) electrons. The third kappa shape index (κ3) is 3.13. The number of Topliss-reactive ketones (excluding diaryl/α,β-unsaturated/α-hetero) is 1. The number of hydrogen-bond acceptors (Lipinski definition) is 3. The van der Waals surface area contributed by atoms with Gasteiger partial charge in [-0.2, -0.15) is 0 Å². The molecule has 0 amide bonds. The third-order valence-electron chi connectivity index (χ3n) is 4.79. The molecule has 2 heterocycles. The van der Waals surface area contributed by atoms with Gasteiger partial charge in [0, 0.05) is 11.0 Å². The lowest BCUT2D eigenvalue weighted by Crippen LogP contribution is -2.49. The molecule has 1 atom stereocenters. The van der Waals surface area contributed by atoms with Crippen LogP contribution < -0.4 is 4.74 Å². The lowest BCUT2D eigenvalue weighted by atomic mass is 9.80. The summed E-state index contributed by atoms with van der Waals surface area (Å²) in [6, 6.07) is 3.79. The van der Waals surface area contributed by atoms with Crippen molar-refractivity contribution >= 4 is 37.6 Å². The Morgan fingerprint density at radius 3 is 2.68 bits per heavy atom. The van der Waals surface area contributed by atoms with Gasteiger partial charge in [-0.3, -0.25) is 4.79 Å². The van der Waals surface area contributed by atoms with E-state index in [1.165, 1.54) is 12.8 Å². The minimum Gasteiger partial charge on any atom is -0.491 e. The number of ether oxygens (including phenoxy) is 1. The van der Waals surface area contributed by atoms with Crippen LogP contribution in [-0.4, -0.2) is 36.9 Å². The Hall–Kier alpha value is -0.390. The van der Waals surface area contributed by atoms with Crippen LogP contribution in [0.5, 0.6) is 5.75 Å². The summed E-state index contributed by atoms with van der Waals surface area (Å²) in [6.07, 6.45) is 2.44. The van der Waals surface area contributed by atoms with E-state index < -0.39 is 5.41 Å². The molecule has 0 saturated carbocycles. The van der Waals surface area contributed by atoms with Crippen LogP contribution >= 0.6 is 31.9 Å². The van der Waals surface area contributed by atoms with Crippen LogP contribution in [0.2, 0.25) is 0 Å². The summed E-state index contributed by atoms with van der Waals surface area (Å²) in [5.41, 5.74) is 0.216. The second kappa shape index (κ2) is 6.25. The first-order valence-electron chi connectivity index (χ1n) is 7.78. The number of carbonyl (C=O) groups is 1. The number of carbonyl (C=O) groups excluding carboxylic acids is 1. The van der Waals surface area contributed by atoms with Crippen LogP contribution in [0.1, 0.15) is 37.0 Å². The number of piperidine rings is 1. The highest BCUT2D eigenvalue weighted by molar-refractivity contribution is 9.11. The van der Waals surface area contributed by atoms with Gasteiger partial charge in [0.15, 0.2) is 5.78 Å². The number of halogens is 2. The molecule has 120 valence electrons. The summed E-state index contributed by atoms with van der Waals surface area (Å²) < 4.78 is 7.67. The van der Waals surface area contributed by atoms with Crippen molar-refractivity contribution in [3.63, 3.8) is 0 Å². The van der Waals surface area contributed by atoms with Crippen LogP contribution in [0.25, 0.3) is 0 Å². The van der Waals surface area contributed by atoms with Gasteiger partial charge in [0.1, 0.15) is 12.4 Å². The van der Waals surface area contributed by atoms with E-state index in [0.717, 1.165) is 34.5 Å². The van der Waals surface area contributed by atoms with Crippen LogP contribution in [0.3, 0.4) is 0 Å². The zero-order valence-electron chi connectivity index (χ0n) is 13.0. The second-order valence-corrected chi connectivity index (χ2v) is 8.67. The van der Waals surface area contributed by atoms with Gasteiger partial charge in [0.2, 0.25) is 0 Å². The zero-order valence-corrected chi connectivity index (χ0v) is 16.2. The highest BCUT2D eigenvalue weighted by atomic mass is 79.9. The van der Waals surface area contributed by atoms with E-state index in [0.29, 0.717) is 17.9 Å². The van der Waals surface area contributed by atoms with Crippen molar-refractivity contribution in [2.24, 2.45) is 11.3 Å². The summed E-state index contributed by atoms with van der Waals surface area (Å²) in [6.45, 7) is 7.73. The smallest absolute Gasteiger partial charge is 0.177 e. The minimum atomic E-state index is -0.464. The SMILES string of the molecule is CC1CCN(C[C@@]2(C)COc3c(Br)cc(Br)cc3C2=O)CC1. The average Bonchev–Trinajstić information content (AvgIpc) is 2.46. The second-order valence-electron chi connectivity index (χ2n) is 6.90. The number of ketones is 1. The maximum absolute atomic E-state index is 13.0. The van der Waals surface area contributed by atoms with E-state index in [2.05, 4.69) is 43.7 Å². The third-order valence-corrected chi connectivity index (χ3v) is 5.83. The monoisotopic (exact) mass is 429 g/mol. The Morgan fingerprint density at radius 2 is 2.00 bits per heavy atom. The van der Waals surface area contributed by atoms with E-state index in [9.17, 15) is 4.79 Å². The molecule has 1 fully saturated rings. The van der Waals surface area contributed by atoms with Gasteiger partial charge in [0.25, 0.3) is 0 Å². The number of nitrogens with zero attached hydrogens (tertiary/aromatic N) is 1. The van der Waals surface area contributed by atoms with Crippen molar-refractivity contribution in [2.45, 2.75) is 26.7 Å². The average molecular weight is 431 g/mol. The lowest BCUT2D eigenvalue weighted by molar-refractivity contribution is 0.0469. The quantitative estimate of drug-likeness (QED) is 0.690. The Balaban J connectivity index is 1.82. The van der Waals surface area contributed by atoms with Crippen LogP contribution in [0.4, 0.5) is 0 Å². The summed E-state index contributed by atoms with van der Waals surface area (Å²) in [5.74, 6) is 1.67. The first kappa shape index (κ1) is 16.5. The van der Waals surface area contributed by atoms with Gasteiger partial charge in [0.05, 0.1) is 15.5 Å². The van der Waals surface area contributed by atoms with Crippen molar-refractivity contribution in [1.82, 2.24) is 4.90 Å². The molecule has 0 bridgehead atoms. The number of hydrogen-bond donors (Lipinski definition) is 0. The van der Waals surface area contributed by atoms with Gasteiger partial charge in [-0.1, -0.05) is 22.9 Å². The molecule has 1 aromatic rings. The molecular formula is C17H21Br2NO2. The summed E-state index contributed by atoms with van der Waals surface area (Å²) >= 11 is 6.95. The molecule has 2 aliphatic rings. The molecule has 5 heteroatoms. The van der Waals surface area contributed by atoms with Crippen LogP contribution in [0, 0.1) is 11.3 Å². The first-order chi connectivity index (χ1) is 10.4. The van der Waals surface area contributed by atoms with Gasteiger partial charge in [-0.15, -0.1) is 0 Å². The maximum Gasteiger partial charge on any atom is 0.177 e. The Bertz CT molecular complexity index is 597. The molecule has 0 aliphatic carbocycles. The van der Waals surface area contributed by atoms with E-state index in [-0.39, 0.29) is 5.78 Å². The predicted molar refractivity (Wildman–Crippen MR) is 94.6 cm³/mol. The number of rotatable bonds is 2. The van der Waals surface area contributed by atoms with Gasteiger partial charge in [-0.25, -0.2) is 0 Å². The minimum absolute atomic E-state index is 0.189. The summed E-state index contributed by atoms with van der Waals surface area (Å²) in [5, 5.41) is 0. The molecule has 0 spiro atoms. The molecule has 3 nitrogen and oxygen atoms in total. The first-order valence-corrected chi connectivity index (χ1v) is 9.37. The van der Waals surface area contributed by atoms with Crippen molar-refractivity contribution in [1.29, 1.82) is 0 Å². The predicted octanol–water partition coefficient (Wildman–Crippen LogP) is 4.52. The van der Waals surface area contributed by atoms with Gasteiger partial charge < -0.3 is 9.64 Å². The molecule has 0 unspecified atom stereocenters. The summed E-state index contributed by atoms with van der Waals surface area (Å²) in [4.78, 5) is 15.4. The normalized spacial score (nSPS) is 26.6. The molecule has 2 aliphatic heterocycles. The van der Waals surface area contributed by atoms with E-state index in [4.69, 9.17) is 4.74 Å². The molecule has 3 rings (SSSR count).